The van der Waals surface area contributed by atoms with Crippen molar-refractivity contribution in [3.63, 3.8) is 0 Å². The van der Waals surface area contributed by atoms with E-state index < -0.39 is 35.4 Å². The maximum Gasteiger partial charge on any atom is 0.416 e. The fourth-order valence-corrected chi connectivity index (χ4v) is 3.01. The van der Waals surface area contributed by atoms with E-state index in [0.717, 1.165) is 12.1 Å². The topological polar surface area (TPSA) is 49.4 Å². The maximum atomic E-state index is 13.9. The Balaban J connectivity index is 1.64. The van der Waals surface area contributed by atoms with Crippen LogP contribution < -0.4 is 10.2 Å². The number of halogens is 4. The van der Waals surface area contributed by atoms with E-state index in [1.165, 1.54) is 35.2 Å². The molecule has 1 N–H and O–H groups in total. The first-order chi connectivity index (χ1) is 12.8. The van der Waals surface area contributed by atoms with Crippen molar-refractivity contribution < 1.29 is 27.2 Å². The van der Waals surface area contributed by atoms with E-state index in [0.29, 0.717) is 6.42 Å². The van der Waals surface area contributed by atoms with Gasteiger partial charge in [0.05, 0.1) is 17.7 Å². The molecule has 4 nitrogen and oxygen atoms in total. The summed E-state index contributed by atoms with van der Waals surface area (Å²) in [5.74, 6) is -1.55. The predicted octanol–water partition coefficient (Wildman–Crippen LogP) is 3.31. The molecule has 3 rings (SSSR count). The predicted molar refractivity (Wildman–Crippen MR) is 90.4 cm³/mol. The summed E-state index contributed by atoms with van der Waals surface area (Å²) in [6.45, 7) is 0.244. The van der Waals surface area contributed by atoms with Crippen LogP contribution in [0.2, 0.25) is 0 Å². The van der Waals surface area contributed by atoms with Crippen LogP contribution in [0.4, 0.5) is 23.2 Å². The van der Waals surface area contributed by atoms with Gasteiger partial charge >= 0.3 is 6.18 Å². The zero-order valence-corrected chi connectivity index (χ0v) is 14.1. The number of para-hydroxylation sites is 1. The molecule has 1 atom stereocenters. The third-order valence-corrected chi connectivity index (χ3v) is 4.30. The van der Waals surface area contributed by atoms with Crippen LogP contribution in [0.3, 0.4) is 0 Å². The molecular formula is C19H16F4N2O2. The molecule has 1 aliphatic heterocycles. The number of anilines is 1. The van der Waals surface area contributed by atoms with Crippen molar-refractivity contribution in [1.82, 2.24) is 5.32 Å². The van der Waals surface area contributed by atoms with Crippen LogP contribution in [-0.4, -0.2) is 24.4 Å². The van der Waals surface area contributed by atoms with Gasteiger partial charge in [-0.25, -0.2) is 4.39 Å². The van der Waals surface area contributed by atoms with Crippen LogP contribution in [0.5, 0.6) is 0 Å². The van der Waals surface area contributed by atoms with E-state index in [2.05, 4.69) is 5.32 Å². The molecule has 0 bridgehead atoms. The number of amides is 2. The highest BCUT2D eigenvalue weighted by molar-refractivity contribution is 6.01. The fraction of sp³-hybridized carbons (Fsp3) is 0.263. The Morgan fingerprint density at radius 3 is 2.59 bits per heavy atom. The summed E-state index contributed by atoms with van der Waals surface area (Å²) in [5, 5.41) is 2.52. The second-order valence-corrected chi connectivity index (χ2v) is 6.22. The molecule has 1 aliphatic rings. The summed E-state index contributed by atoms with van der Waals surface area (Å²) in [6, 6.07) is 9.46. The number of rotatable bonds is 4. The van der Waals surface area contributed by atoms with Gasteiger partial charge in [-0.05, 0) is 30.2 Å². The molecule has 8 heteroatoms. The van der Waals surface area contributed by atoms with E-state index in [1.54, 1.807) is 6.07 Å². The molecule has 1 saturated heterocycles. The largest absolute Gasteiger partial charge is 0.416 e. The average Bonchev–Trinajstić information content (AvgIpc) is 2.95. The van der Waals surface area contributed by atoms with Crippen molar-refractivity contribution in [1.29, 1.82) is 0 Å². The lowest BCUT2D eigenvalue weighted by atomic mass is 10.1. The van der Waals surface area contributed by atoms with Gasteiger partial charge in [-0.3, -0.25) is 9.59 Å². The van der Waals surface area contributed by atoms with Crippen LogP contribution >= 0.6 is 0 Å². The number of carbonyl (C=O) groups excluding carboxylic acids is 2. The minimum atomic E-state index is -4.49. The van der Waals surface area contributed by atoms with Crippen molar-refractivity contribution in [2.75, 3.05) is 11.4 Å². The lowest BCUT2D eigenvalue weighted by Crippen LogP contribution is -2.42. The molecule has 0 spiro atoms. The Morgan fingerprint density at radius 1 is 1.15 bits per heavy atom. The van der Waals surface area contributed by atoms with E-state index in [9.17, 15) is 27.2 Å². The number of alkyl halides is 3. The van der Waals surface area contributed by atoms with Gasteiger partial charge < -0.3 is 10.2 Å². The molecule has 1 unspecified atom stereocenters. The first-order valence-electron chi connectivity index (χ1n) is 8.27. The molecule has 0 radical (unpaired) electrons. The molecule has 2 aromatic rings. The standard InChI is InChI=1S/C19H16F4N2O2/c20-14-6-1-2-7-16(14)25-9-8-15(18(25)27)24-17(26)11-12-4-3-5-13(10-12)19(21,22)23/h1-7,10,15H,8-9,11H2,(H,24,26). The molecule has 2 aromatic carbocycles. The van der Waals surface area contributed by atoms with Gasteiger partial charge in [0.1, 0.15) is 11.9 Å². The molecule has 0 aliphatic carbocycles. The summed E-state index contributed by atoms with van der Waals surface area (Å²) in [5.41, 5.74) is -0.508. The Hall–Kier alpha value is -2.90. The number of nitrogens with zero attached hydrogens (tertiary/aromatic N) is 1. The second kappa shape index (κ2) is 7.38. The zero-order chi connectivity index (χ0) is 19.6. The first-order valence-corrected chi connectivity index (χ1v) is 8.27. The molecule has 27 heavy (non-hydrogen) atoms. The number of carbonyl (C=O) groups is 2. The van der Waals surface area contributed by atoms with Crippen molar-refractivity contribution in [3.05, 3.63) is 65.5 Å². The zero-order valence-electron chi connectivity index (χ0n) is 14.1. The third-order valence-electron chi connectivity index (χ3n) is 4.30. The second-order valence-electron chi connectivity index (χ2n) is 6.22. The first kappa shape index (κ1) is 18.9. The van der Waals surface area contributed by atoms with Gasteiger partial charge in [0.15, 0.2) is 0 Å². The Bertz CT molecular complexity index is 867. The van der Waals surface area contributed by atoms with Crippen LogP contribution in [0, 0.1) is 5.82 Å². The summed E-state index contributed by atoms with van der Waals surface area (Å²) in [4.78, 5) is 25.8. The Morgan fingerprint density at radius 2 is 1.89 bits per heavy atom. The van der Waals surface area contributed by atoms with Crippen LogP contribution in [0.15, 0.2) is 48.5 Å². The molecule has 2 amide bonds. The lowest BCUT2D eigenvalue weighted by molar-refractivity contribution is -0.137. The van der Waals surface area contributed by atoms with E-state index in [-0.39, 0.29) is 24.2 Å². The molecule has 0 saturated carbocycles. The number of nitrogens with one attached hydrogen (secondary N) is 1. The summed E-state index contributed by atoms with van der Waals surface area (Å²) in [6.07, 6.45) is -4.48. The van der Waals surface area contributed by atoms with Crippen LogP contribution in [0.1, 0.15) is 17.5 Å². The number of benzene rings is 2. The van der Waals surface area contributed by atoms with Crippen molar-refractivity contribution >= 4 is 17.5 Å². The maximum absolute atomic E-state index is 13.9. The summed E-state index contributed by atoms with van der Waals surface area (Å²) < 4.78 is 52.1. The molecule has 1 fully saturated rings. The van der Waals surface area contributed by atoms with Gasteiger partial charge in [0.25, 0.3) is 0 Å². The van der Waals surface area contributed by atoms with E-state index in [1.807, 2.05) is 0 Å². The van der Waals surface area contributed by atoms with Crippen molar-refractivity contribution in [3.8, 4) is 0 Å². The quantitative estimate of drug-likeness (QED) is 0.828. The summed E-state index contributed by atoms with van der Waals surface area (Å²) >= 11 is 0. The number of hydrogen-bond donors (Lipinski definition) is 1. The average molecular weight is 380 g/mol. The molecule has 142 valence electrons. The van der Waals surface area contributed by atoms with Gasteiger partial charge in [-0.2, -0.15) is 13.2 Å². The normalized spacial score (nSPS) is 17.3. The highest BCUT2D eigenvalue weighted by Gasteiger charge is 2.35. The van der Waals surface area contributed by atoms with E-state index in [4.69, 9.17) is 0 Å². The van der Waals surface area contributed by atoms with Crippen molar-refractivity contribution in [2.45, 2.75) is 25.1 Å². The van der Waals surface area contributed by atoms with Crippen LogP contribution in [-0.2, 0) is 22.2 Å². The SMILES string of the molecule is O=C(Cc1cccc(C(F)(F)F)c1)NC1CCN(c2ccccc2F)C1=O. The third kappa shape index (κ3) is 4.27. The summed E-state index contributed by atoms with van der Waals surface area (Å²) in [7, 11) is 0. The molecule has 0 aromatic heterocycles. The lowest BCUT2D eigenvalue weighted by Gasteiger charge is -2.18. The van der Waals surface area contributed by atoms with Crippen LogP contribution in [0.25, 0.3) is 0 Å². The van der Waals surface area contributed by atoms with Gasteiger partial charge in [-0.15, -0.1) is 0 Å². The highest BCUT2D eigenvalue weighted by Crippen LogP contribution is 2.29. The van der Waals surface area contributed by atoms with Gasteiger partial charge in [0.2, 0.25) is 11.8 Å². The number of hydrogen-bond acceptors (Lipinski definition) is 2. The highest BCUT2D eigenvalue weighted by atomic mass is 19.4. The smallest absolute Gasteiger partial charge is 0.344 e. The fourth-order valence-electron chi connectivity index (χ4n) is 3.01. The van der Waals surface area contributed by atoms with Crippen molar-refractivity contribution in [2.24, 2.45) is 0 Å². The minimum absolute atomic E-state index is 0.136. The van der Waals surface area contributed by atoms with E-state index >= 15 is 0 Å². The molecular weight excluding hydrogens is 364 g/mol. The van der Waals surface area contributed by atoms with Gasteiger partial charge in [0, 0.05) is 6.54 Å². The Labute approximate surface area is 152 Å². The van der Waals surface area contributed by atoms with Gasteiger partial charge in [-0.1, -0.05) is 30.3 Å². The minimum Gasteiger partial charge on any atom is -0.344 e. The molecule has 1 heterocycles. The monoisotopic (exact) mass is 380 g/mol. The Kier molecular flexibility index (Phi) is 5.16.